The van der Waals surface area contributed by atoms with Crippen LogP contribution < -0.4 is 4.90 Å². The first-order chi connectivity index (χ1) is 7.63. The van der Waals surface area contributed by atoms with Gasteiger partial charge in [0.05, 0.1) is 10.7 Å². The Labute approximate surface area is 100 Å². The van der Waals surface area contributed by atoms with Crippen LogP contribution in [-0.4, -0.2) is 12.5 Å². The Kier molecular flexibility index (Phi) is 2.89. The van der Waals surface area contributed by atoms with Gasteiger partial charge >= 0.3 is 0 Å². The van der Waals surface area contributed by atoms with Crippen LogP contribution in [0.4, 0.5) is 5.69 Å². The zero-order chi connectivity index (χ0) is 11.7. The first-order valence-electron chi connectivity index (χ1n) is 5.15. The van der Waals surface area contributed by atoms with E-state index in [4.69, 9.17) is 18.0 Å². The monoisotopic (exact) mass is 233 g/mol. The topological polar surface area (TPSA) is 20.3 Å². The number of carbonyl (C=O) groups excluding carboxylic acids is 1. The lowest BCUT2D eigenvalue weighted by atomic mass is 10.1. The Morgan fingerprint density at radius 1 is 1.56 bits per heavy atom. The molecule has 0 aromatic heterocycles. The standard InChI is InChI=1S/C13H12ClNO/c1-3-10-7-12(16)15(8-10)13-9(2)5-4-6-11(13)14/h1,4-6,10H,7-8H2,2H3. The van der Waals surface area contributed by atoms with E-state index in [0.29, 0.717) is 18.0 Å². The smallest absolute Gasteiger partial charge is 0.228 e. The molecule has 16 heavy (non-hydrogen) atoms. The maximum absolute atomic E-state index is 11.8. The van der Waals surface area contributed by atoms with Gasteiger partial charge in [0.2, 0.25) is 5.91 Å². The Hall–Kier alpha value is -1.46. The third-order valence-corrected chi connectivity index (χ3v) is 3.12. The van der Waals surface area contributed by atoms with Crippen molar-refractivity contribution >= 4 is 23.2 Å². The van der Waals surface area contributed by atoms with Crippen molar-refractivity contribution in [3.8, 4) is 12.3 Å². The van der Waals surface area contributed by atoms with Gasteiger partial charge in [0.1, 0.15) is 0 Å². The number of hydrogen-bond donors (Lipinski definition) is 0. The Balaban J connectivity index is 2.39. The van der Waals surface area contributed by atoms with Crippen molar-refractivity contribution in [3.63, 3.8) is 0 Å². The molecule has 1 unspecified atom stereocenters. The summed E-state index contributed by atoms with van der Waals surface area (Å²) in [5.41, 5.74) is 1.80. The molecule has 0 saturated carbocycles. The molecule has 0 bridgehead atoms. The molecule has 1 aromatic rings. The molecular formula is C13H12ClNO. The summed E-state index contributed by atoms with van der Waals surface area (Å²) >= 11 is 6.12. The number of anilines is 1. The van der Waals surface area contributed by atoms with Gasteiger partial charge in [-0.2, -0.15) is 0 Å². The normalized spacial score (nSPS) is 19.9. The molecule has 0 aliphatic carbocycles. The van der Waals surface area contributed by atoms with E-state index in [0.717, 1.165) is 11.3 Å². The van der Waals surface area contributed by atoms with E-state index >= 15 is 0 Å². The second-order valence-corrected chi connectivity index (χ2v) is 4.38. The van der Waals surface area contributed by atoms with Crippen molar-refractivity contribution in [1.82, 2.24) is 0 Å². The summed E-state index contributed by atoms with van der Waals surface area (Å²) in [5, 5.41) is 0.603. The van der Waals surface area contributed by atoms with E-state index in [2.05, 4.69) is 5.92 Å². The highest BCUT2D eigenvalue weighted by atomic mass is 35.5. The first-order valence-corrected chi connectivity index (χ1v) is 5.53. The molecule has 1 amide bonds. The molecule has 82 valence electrons. The molecule has 1 saturated heterocycles. The highest BCUT2D eigenvalue weighted by Crippen LogP contribution is 2.33. The zero-order valence-corrected chi connectivity index (χ0v) is 9.79. The van der Waals surface area contributed by atoms with Gasteiger partial charge in [-0.25, -0.2) is 0 Å². The highest BCUT2D eigenvalue weighted by molar-refractivity contribution is 6.34. The molecule has 1 aliphatic heterocycles. The van der Waals surface area contributed by atoms with Crippen LogP contribution in [0.15, 0.2) is 18.2 Å². The number of aryl methyl sites for hydroxylation is 1. The quantitative estimate of drug-likeness (QED) is 0.683. The molecule has 3 heteroatoms. The minimum atomic E-state index is 0.00294. The Morgan fingerprint density at radius 3 is 2.88 bits per heavy atom. The summed E-state index contributed by atoms with van der Waals surface area (Å²) in [6, 6.07) is 5.61. The van der Waals surface area contributed by atoms with Gasteiger partial charge in [0, 0.05) is 18.9 Å². The average Bonchev–Trinajstić information content (AvgIpc) is 2.60. The maximum atomic E-state index is 11.8. The van der Waals surface area contributed by atoms with Crippen molar-refractivity contribution in [1.29, 1.82) is 0 Å². The molecule has 1 atom stereocenters. The van der Waals surface area contributed by atoms with Gasteiger partial charge in [0.25, 0.3) is 0 Å². The summed E-state index contributed by atoms with van der Waals surface area (Å²) in [6.07, 6.45) is 5.77. The fourth-order valence-electron chi connectivity index (χ4n) is 2.00. The van der Waals surface area contributed by atoms with Crippen molar-refractivity contribution in [2.45, 2.75) is 13.3 Å². The molecule has 2 rings (SSSR count). The predicted molar refractivity (Wildman–Crippen MR) is 65.5 cm³/mol. The largest absolute Gasteiger partial charge is 0.309 e. The molecule has 1 aliphatic rings. The van der Waals surface area contributed by atoms with Crippen molar-refractivity contribution in [2.75, 3.05) is 11.4 Å². The highest BCUT2D eigenvalue weighted by Gasteiger charge is 2.31. The summed E-state index contributed by atoms with van der Waals surface area (Å²) in [4.78, 5) is 13.5. The summed E-state index contributed by atoms with van der Waals surface area (Å²) in [5.74, 6) is 2.69. The van der Waals surface area contributed by atoms with E-state index < -0.39 is 0 Å². The van der Waals surface area contributed by atoms with E-state index in [1.807, 2.05) is 19.1 Å². The minimum absolute atomic E-state index is 0.00294. The van der Waals surface area contributed by atoms with Gasteiger partial charge in [-0.15, -0.1) is 12.3 Å². The number of benzene rings is 1. The van der Waals surface area contributed by atoms with Crippen molar-refractivity contribution < 1.29 is 4.79 Å². The fourth-order valence-corrected chi connectivity index (χ4v) is 2.32. The number of rotatable bonds is 1. The van der Waals surface area contributed by atoms with Gasteiger partial charge in [-0.3, -0.25) is 4.79 Å². The van der Waals surface area contributed by atoms with Crippen LogP contribution >= 0.6 is 11.6 Å². The fraction of sp³-hybridized carbons (Fsp3) is 0.308. The molecule has 1 heterocycles. The molecule has 0 N–H and O–H groups in total. The number of amides is 1. The van der Waals surface area contributed by atoms with E-state index in [1.165, 1.54) is 0 Å². The molecular weight excluding hydrogens is 222 g/mol. The second kappa shape index (κ2) is 4.19. The summed E-state index contributed by atoms with van der Waals surface area (Å²) in [7, 11) is 0. The van der Waals surface area contributed by atoms with Crippen LogP contribution in [0.25, 0.3) is 0 Å². The van der Waals surface area contributed by atoms with Crippen LogP contribution in [0.5, 0.6) is 0 Å². The molecule has 0 radical (unpaired) electrons. The molecule has 1 aromatic carbocycles. The van der Waals surface area contributed by atoms with Gasteiger partial charge in [-0.05, 0) is 18.6 Å². The van der Waals surface area contributed by atoms with Gasteiger partial charge in [-0.1, -0.05) is 23.7 Å². The lowest BCUT2D eigenvalue weighted by molar-refractivity contribution is -0.117. The molecule has 1 fully saturated rings. The molecule has 2 nitrogen and oxygen atoms in total. The Morgan fingerprint density at radius 2 is 2.31 bits per heavy atom. The van der Waals surface area contributed by atoms with Gasteiger partial charge < -0.3 is 4.90 Å². The van der Waals surface area contributed by atoms with Crippen molar-refractivity contribution in [3.05, 3.63) is 28.8 Å². The van der Waals surface area contributed by atoms with Crippen LogP contribution in [-0.2, 0) is 4.79 Å². The number of hydrogen-bond acceptors (Lipinski definition) is 1. The lowest BCUT2D eigenvalue weighted by Crippen LogP contribution is -2.25. The van der Waals surface area contributed by atoms with Gasteiger partial charge in [0.15, 0.2) is 0 Å². The second-order valence-electron chi connectivity index (χ2n) is 3.98. The number of terminal acetylenes is 1. The van der Waals surface area contributed by atoms with E-state index in [-0.39, 0.29) is 11.8 Å². The van der Waals surface area contributed by atoms with Crippen LogP contribution in [0.3, 0.4) is 0 Å². The maximum Gasteiger partial charge on any atom is 0.228 e. The number of nitrogens with zero attached hydrogens (tertiary/aromatic N) is 1. The number of para-hydroxylation sites is 1. The minimum Gasteiger partial charge on any atom is -0.309 e. The van der Waals surface area contributed by atoms with E-state index in [1.54, 1.807) is 11.0 Å². The number of halogens is 1. The van der Waals surface area contributed by atoms with Crippen LogP contribution in [0, 0.1) is 25.2 Å². The Bertz CT molecular complexity index is 455. The lowest BCUT2D eigenvalue weighted by Gasteiger charge is -2.19. The molecule has 0 spiro atoms. The number of carbonyl (C=O) groups is 1. The van der Waals surface area contributed by atoms with E-state index in [9.17, 15) is 4.79 Å². The average molecular weight is 234 g/mol. The SMILES string of the molecule is C#CC1CC(=O)N(c2c(C)cccc2Cl)C1. The summed E-state index contributed by atoms with van der Waals surface area (Å²) in [6.45, 7) is 2.51. The zero-order valence-electron chi connectivity index (χ0n) is 9.03. The summed E-state index contributed by atoms with van der Waals surface area (Å²) < 4.78 is 0. The van der Waals surface area contributed by atoms with Crippen molar-refractivity contribution in [2.24, 2.45) is 5.92 Å². The van der Waals surface area contributed by atoms with Crippen LogP contribution in [0.1, 0.15) is 12.0 Å². The first kappa shape index (κ1) is 11.0. The van der Waals surface area contributed by atoms with Crippen LogP contribution in [0.2, 0.25) is 5.02 Å². The third-order valence-electron chi connectivity index (χ3n) is 2.82. The third kappa shape index (κ3) is 1.79. The predicted octanol–water partition coefficient (Wildman–Crippen LogP) is 2.63.